The molecule has 7 nitrogen and oxygen atoms in total. The van der Waals surface area contributed by atoms with Crippen LogP contribution < -0.4 is 21.8 Å². The van der Waals surface area contributed by atoms with Gasteiger partial charge in [-0.15, -0.1) is 0 Å². The van der Waals surface area contributed by atoms with E-state index in [2.05, 4.69) is 15.0 Å². The number of benzene rings is 2. The van der Waals surface area contributed by atoms with E-state index in [4.69, 9.17) is 4.42 Å². The third-order valence-corrected chi connectivity index (χ3v) is 5.04. The van der Waals surface area contributed by atoms with Crippen molar-refractivity contribution in [1.82, 2.24) is 15.0 Å². The quantitative estimate of drug-likeness (QED) is 0.472. The van der Waals surface area contributed by atoms with Crippen LogP contribution in [0.4, 0.5) is 0 Å². The maximum Gasteiger partial charge on any atom is 0.272 e. The molecule has 0 saturated heterocycles. The van der Waals surface area contributed by atoms with E-state index < -0.39 is 11.1 Å². The summed E-state index contributed by atoms with van der Waals surface area (Å²) in [4.78, 5) is 47.4. The summed E-state index contributed by atoms with van der Waals surface area (Å²) in [6.45, 7) is 5.89. The SMILES string of the molecule is CC(C)(C)c1ocnc1/C=c1\[nH]c(=O)/c(=C/c2cccc(C(=O)c3ccccc3)c2)[nH]c1=O. The molecule has 0 aliphatic rings. The van der Waals surface area contributed by atoms with Gasteiger partial charge < -0.3 is 14.4 Å². The molecular formula is C26H23N3O4. The molecule has 0 fully saturated rings. The first-order valence-corrected chi connectivity index (χ1v) is 10.4. The average Bonchev–Trinajstić information content (AvgIpc) is 3.26. The lowest BCUT2D eigenvalue weighted by atomic mass is 9.92. The second-order valence-electron chi connectivity index (χ2n) is 8.66. The summed E-state index contributed by atoms with van der Waals surface area (Å²) in [5, 5.41) is 0.155. The number of carbonyl (C=O) groups excluding carboxylic acids is 1. The van der Waals surface area contributed by atoms with Gasteiger partial charge in [0.25, 0.3) is 11.1 Å². The number of hydrogen-bond acceptors (Lipinski definition) is 5. The van der Waals surface area contributed by atoms with Crippen LogP contribution in [-0.4, -0.2) is 20.7 Å². The van der Waals surface area contributed by atoms with Crippen molar-refractivity contribution in [3.8, 4) is 0 Å². The third-order valence-electron chi connectivity index (χ3n) is 5.04. The highest BCUT2D eigenvalue weighted by Gasteiger charge is 2.22. The Labute approximate surface area is 189 Å². The number of ketones is 1. The third kappa shape index (κ3) is 4.82. The van der Waals surface area contributed by atoms with Gasteiger partial charge in [0.2, 0.25) is 0 Å². The number of nitrogens with one attached hydrogen (secondary N) is 2. The van der Waals surface area contributed by atoms with Gasteiger partial charge in [0.05, 0.1) is 0 Å². The van der Waals surface area contributed by atoms with Crippen LogP contribution in [0.25, 0.3) is 12.2 Å². The molecule has 4 rings (SSSR count). The lowest BCUT2D eigenvalue weighted by Gasteiger charge is -2.14. The minimum atomic E-state index is -0.472. The van der Waals surface area contributed by atoms with Crippen LogP contribution in [0.2, 0.25) is 0 Å². The van der Waals surface area contributed by atoms with Crippen molar-refractivity contribution in [2.24, 2.45) is 0 Å². The first kappa shape index (κ1) is 22.0. The summed E-state index contributed by atoms with van der Waals surface area (Å²) in [5.41, 5.74) is 0.892. The predicted molar refractivity (Wildman–Crippen MR) is 126 cm³/mol. The minimum absolute atomic E-state index is 0.0737. The van der Waals surface area contributed by atoms with E-state index in [1.165, 1.54) is 18.5 Å². The van der Waals surface area contributed by atoms with Crippen LogP contribution in [0.3, 0.4) is 0 Å². The monoisotopic (exact) mass is 441 g/mol. The Bertz CT molecular complexity index is 1550. The summed E-state index contributed by atoms with van der Waals surface area (Å²) < 4.78 is 5.46. The van der Waals surface area contributed by atoms with Gasteiger partial charge in [-0.25, -0.2) is 4.98 Å². The lowest BCUT2D eigenvalue weighted by molar-refractivity contribution is 0.103. The highest BCUT2D eigenvalue weighted by atomic mass is 16.3. The highest BCUT2D eigenvalue weighted by Crippen LogP contribution is 2.25. The van der Waals surface area contributed by atoms with Crippen molar-refractivity contribution in [2.45, 2.75) is 26.2 Å². The molecule has 33 heavy (non-hydrogen) atoms. The maximum atomic E-state index is 12.7. The Kier molecular flexibility index (Phi) is 5.79. The Hall–Kier alpha value is -4.26. The lowest BCUT2D eigenvalue weighted by Crippen LogP contribution is -2.46. The van der Waals surface area contributed by atoms with Gasteiger partial charge in [-0.05, 0) is 23.8 Å². The van der Waals surface area contributed by atoms with Crippen molar-refractivity contribution >= 4 is 17.9 Å². The fourth-order valence-electron chi connectivity index (χ4n) is 3.44. The molecule has 0 bridgehead atoms. The first-order chi connectivity index (χ1) is 15.7. The van der Waals surface area contributed by atoms with Crippen LogP contribution in [0, 0.1) is 0 Å². The molecule has 0 spiro atoms. The predicted octanol–water partition coefficient (Wildman–Crippen LogP) is 2.24. The van der Waals surface area contributed by atoms with E-state index in [1.54, 1.807) is 48.5 Å². The van der Waals surface area contributed by atoms with Gasteiger partial charge in [0, 0.05) is 16.5 Å². The number of oxazole rings is 1. The molecule has 7 heteroatoms. The minimum Gasteiger partial charge on any atom is -0.447 e. The molecule has 0 radical (unpaired) electrons. The zero-order chi connectivity index (χ0) is 23.6. The molecule has 166 valence electrons. The molecule has 2 aromatic heterocycles. The molecule has 0 saturated carbocycles. The van der Waals surface area contributed by atoms with Crippen LogP contribution in [-0.2, 0) is 5.41 Å². The molecule has 4 aromatic rings. The molecule has 0 unspecified atom stereocenters. The van der Waals surface area contributed by atoms with Crippen molar-refractivity contribution in [2.75, 3.05) is 0 Å². The first-order valence-electron chi connectivity index (χ1n) is 10.4. The van der Waals surface area contributed by atoms with Crippen molar-refractivity contribution in [3.05, 3.63) is 121 Å². The Balaban J connectivity index is 1.74. The molecule has 2 aromatic carbocycles. The zero-order valence-electron chi connectivity index (χ0n) is 18.5. The molecule has 0 aliphatic heterocycles. The summed E-state index contributed by atoms with van der Waals surface area (Å²) in [6.07, 6.45) is 4.33. The van der Waals surface area contributed by atoms with Crippen LogP contribution in [0.1, 0.15) is 53.7 Å². The van der Waals surface area contributed by atoms with Gasteiger partial charge in [-0.2, -0.15) is 0 Å². The molecule has 0 atom stereocenters. The zero-order valence-corrected chi connectivity index (χ0v) is 18.5. The number of rotatable bonds is 4. The second kappa shape index (κ2) is 8.70. The van der Waals surface area contributed by atoms with Crippen LogP contribution in [0.5, 0.6) is 0 Å². The van der Waals surface area contributed by atoms with Crippen molar-refractivity contribution in [3.63, 3.8) is 0 Å². The number of hydrogen-bond donors (Lipinski definition) is 2. The highest BCUT2D eigenvalue weighted by molar-refractivity contribution is 6.09. The Morgan fingerprint density at radius 2 is 1.52 bits per heavy atom. The van der Waals surface area contributed by atoms with E-state index >= 15 is 0 Å². The summed E-state index contributed by atoms with van der Waals surface area (Å²) in [5.74, 6) is 0.485. The van der Waals surface area contributed by atoms with Gasteiger partial charge in [-0.1, -0.05) is 69.3 Å². The van der Waals surface area contributed by atoms with Crippen LogP contribution >= 0.6 is 0 Å². The van der Waals surface area contributed by atoms with Crippen LogP contribution in [0.15, 0.2) is 75.0 Å². The molecule has 2 N–H and O–H groups in total. The second-order valence-corrected chi connectivity index (χ2v) is 8.66. The normalized spacial score (nSPS) is 12.8. The molecule has 2 heterocycles. The van der Waals surface area contributed by atoms with Gasteiger partial charge in [-0.3, -0.25) is 14.4 Å². The number of aromatic amines is 2. The van der Waals surface area contributed by atoms with Gasteiger partial charge in [0.15, 0.2) is 12.2 Å². The van der Waals surface area contributed by atoms with Crippen molar-refractivity contribution in [1.29, 1.82) is 0 Å². The van der Waals surface area contributed by atoms with E-state index in [0.29, 0.717) is 28.1 Å². The fraction of sp³-hybridized carbons (Fsp3) is 0.154. The van der Waals surface area contributed by atoms with Crippen molar-refractivity contribution < 1.29 is 9.21 Å². The number of H-pyrrole nitrogens is 2. The summed E-state index contributed by atoms with van der Waals surface area (Å²) in [7, 11) is 0. The van der Waals surface area contributed by atoms with E-state index in [9.17, 15) is 14.4 Å². The van der Waals surface area contributed by atoms with E-state index in [-0.39, 0.29) is 21.9 Å². The number of aromatic nitrogens is 3. The standard InChI is InChI=1S/C26H23N3O4/c1-26(2,3)23-19(27-15-33-23)14-21-25(32)28-20(24(31)29-21)13-16-8-7-11-18(12-16)22(30)17-9-5-4-6-10-17/h4-15H,1-3H3,(H,28,32)(H,29,31)/b20-13-,21-14-. The van der Waals surface area contributed by atoms with Gasteiger partial charge >= 0.3 is 0 Å². The maximum absolute atomic E-state index is 12.7. The smallest absolute Gasteiger partial charge is 0.272 e. The molecule has 0 aliphatic carbocycles. The largest absolute Gasteiger partial charge is 0.447 e. The fourth-order valence-corrected chi connectivity index (χ4v) is 3.44. The molecule has 0 amide bonds. The number of nitrogens with zero attached hydrogens (tertiary/aromatic N) is 1. The number of carbonyl (C=O) groups is 1. The summed E-state index contributed by atoms with van der Waals surface area (Å²) >= 11 is 0. The molecular weight excluding hydrogens is 418 g/mol. The van der Waals surface area contributed by atoms with E-state index in [0.717, 1.165) is 0 Å². The van der Waals surface area contributed by atoms with E-state index in [1.807, 2.05) is 26.8 Å². The van der Waals surface area contributed by atoms with Gasteiger partial charge in [0.1, 0.15) is 22.2 Å². The average molecular weight is 441 g/mol. The Morgan fingerprint density at radius 1 is 0.879 bits per heavy atom. The summed E-state index contributed by atoms with van der Waals surface area (Å²) in [6, 6.07) is 15.8. The topological polar surface area (TPSA) is 109 Å². The Morgan fingerprint density at radius 3 is 2.18 bits per heavy atom.